The molecule has 0 unspecified atom stereocenters. The minimum Gasteiger partial charge on any atom is -0.388 e. The summed E-state index contributed by atoms with van der Waals surface area (Å²) in [6, 6.07) is 19.8. The molecule has 2 aromatic carbocycles. The third-order valence-corrected chi connectivity index (χ3v) is 9.22. The Kier molecular flexibility index (Phi) is 9.98. The second kappa shape index (κ2) is 14.4. The summed E-state index contributed by atoms with van der Waals surface area (Å²) < 4.78 is 3.87. The van der Waals surface area contributed by atoms with Gasteiger partial charge in [0.15, 0.2) is 17.0 Å². The summed E-state index contributed by atoms with van der Waals surface area (Å²) in [6.45, 7) is 10.8. The molecule has 1 saturated carbocycles. The number of carbonyl (C=O) groups excluding carboxylic acids is 1. The zero-order valence-corrected chi connectivity index (χ0v) is 28.8. The number of carbonyl (C=O) groups is 1. The van der Waals surface area contributed by atoms with E-state index in [2.05, 4.69) is 63.6 Å². The maximum Gasteiger partial charge on any atom is 0.226 e. The normalized spacial score (nSPS) is 19.5. The molecule has 1 fully saturated rings. The fourth-order valence-corrected chi connectivity index (χ4v) is 6.26. The molecule has 5 N–H and O–H groups in total. The minimum atomic E-state index is -1.14. The molecule has 0 saturated heterocycles. The largest absolute Gasteiger partial charge is 0.388 e. The highest BCUT2D eigenvalue weighted by molar-refractivity contribution is 5.84. The van der Waals surface area contributed by atoms with Crippen LogP contribution in [0.25, 0.3) is 11.2 Å². The van der Waals surface area contributed by atoms with Gasteiger partial charge in [0.05, 0.1) is 30.4 Å². The van der Waals surface area contributed by atoms with Crippen molar-refractivity contribution in [1.82, 2.24) is 34.4 Å². The van der Waals surface area contributed by atoms with E-state index in [4.69, 9.17) is 15.0 Å². The second-order valence-corrected chi connectivity index (χ2v) is 14.2. The van der Waals surface area contributed by atoms with Crippen LogP contribution in [0.2, 0.25) is 0 Å². The van der Waals surface area contributed by atoms with Crippen LogP contribution in [0.3, 0.4) is 0 Å². The first-order chi connectivity index (χ1) is 23.5. The van der Waals surface area contributed by atoms with Crippen LogP contribution in [0.5, 0.6) is 0 Å². The number of benzene rings is 2. The number of imidazole rings is 2. The Morgan fingerprint density at radius 3 is 2.20 bits per heavy atom. The van der Waals surface area contributed by atoms with Gasteiger partial charge in [-0.1, -0.05) is 81.4 Å². The standard InChI is InChI=1S/C37H47N9O3/c1-23(2)45-20-26(40-21-45)16-17-38-36-43-33(39-19-27(24-12-8-6-9-13-24)25-14-10-7-11-15-25)30-34(44-36)46(22-41-30)29-18-28(31(47)32(29)48)42-35(49)37(3,4)5/h6-15,20-23,27-29,31-32,47-48H,16-19H2,1-5H3,(H,42,49)(H2,38,39,43,44)/t28-,29+,31+,32-/m0/s1. The number of anilines is 2. The number of hydrogen-bond acceptors (Lipinski definition) is 9. The van der Waals surface area contributed by atoms with Gasteiger partial charge in [0.1, 0.15) is 12.2 Å². The maximum absolute atomic E-state index is 12.8. The molecule has 1 aliphatic carbocycles. The number of aromatic nitrogens is 6. The van der Waals surface area contributed by atoms with E-state index in [1.807, 2.05) is 69.7 Å². The molecule has 5 aromatic rings. The molecule has 4 atom stereocenters. The summed E-state index contributed by atoms with van der Waals surface area (Å²) in [5.41, 5.74) is 3.73. The predicted molar refractivity (Wildman–Crippen MR) is 190 cm³/mol. The van der Waals surface area contributed by atoms with Crippen LogP contribution in [-0.2, 0) is 11.2 Å². The van der Waals surface area contributed by atoms with Gasteiger partial charge in [-0.05, 0) is 31.4 Å². The topological polar surface area (TPSA) is 155 Å². The Hall–Kier alpha value is -4.81. The molecule has 3 aromatic heterocycles. The van der Waals surface area contributed by atoms with Gasteiger partial charge in [0.25, 0.3) is 0 Å². The highest BCUT2D eigenvalue weighted by Crippen LogP contribution is 2.35. The molecule has 3 heterocycles. The number of hydrogen-bond donors (Lipinski definition) is 5. The van der Waals surface area contributed by atoms with E-state index in [0.717, 1.165) is 5.69 Å². The fraction of sp³-hybridized carbons (Fsp3) is 0.432. The molecule has 0 aliphatic heterocycles. The van der Waals surface area contributed by atoms with Crippen molar-refractivity contribution in [2.45, 2.75) is 83.7 Å². The predicted octanol–water partition coefficient (Wildman–Crippen LogP) is 4.70. The number of nitrogens with zero attached hydrogens (tertiary/aromatic N) is 6. The lowest BCUT2D eigenvalue weighted by Crippen LogP contribution is -2.47. The molecule has 12 nitrogen and oxygen atoms in total. The first-order valence-corrected chi connectivity index (χ1v) is 17.0. The second-order valence-electron chi connectivity index (χ2n) is 14.2. The van der Waals surface area contributed by atoms with Crippen molar-refractivity contribution in [3.8, 4) is 0 Å². The van der Waals surface area contributed by atoms with Crippen LogP contribution in [0.15, 0.2) is 79.5 Å². The number of nitrogens with one attached hydrogen (secondary N) is 3. The monoisotopic (exact) mass is 665 g/mol. The highest BCUT2D eigenvalue weighted by atomic mass is 16.3. The Morgan fingerprint density at radius 2 is 1.59 bits per heavy atom. The van der Waals surface area contributed by atoms with Crippen LogP contribution < -0.4 is 16.0 Å². The van der Waals surface area contributed by atoms with E-state index >= 15 is 0 Å². The lowest BCUT2D eigenvalue weighted by atomic mass is 9.91. The molecular weight excluding hydrogens is 618 g/mol. The zero-order chi connectivity index (χ0) is 34.7. The van der Waals surface area contributed by atoms with Crippen molar-refractivity contribution in [3.63, 3.8) is 0 Å². The van der Waals surface area contributed by atoms with Crippen molar-refractivity contribution >= 4 is 28.8 Å². The van der Waals surface area contributed by atoms with Gasteiger partial charge in [0.2, 0.25) is 11.9 Å². The van der Waals surface area contributed by atoms with Gasteiger partial charge >= 0.3 is 0 Å². The number of amides is 1. The zero-order valence-electron chi connectivity index (χ0n) is 28.8. The molecule has 258 valence electrons. The Balaban J connectivity index is 1.30. The van der Waals surface area contributed by atoms with Gasteiger partial charge < -0.3 is 35.3 Å². The summed E-state index contributed by atoms with van der Waals surface area (Å²) in [7, 11) is 0. The molecule has 1 amide bonds. The quantitative estimate of drug-likeness (QED) is 0.128. The fourth-order valence-electron chi connectivity index (χ4n) is 6.26. The van der Waals surface area contributed by atoms with Crippen LogP contribution in [-0.4, -0.2) is 76.5 Å². The van der Waals surface area contributed by atoms with Gasteiger partial charge in [-0.2, -0.15) is 9.97 Å². The van der Waals surface area contributed by atoms with E-state index in [1.165, 1.54) is 11.1 Å². The molecule has 0 radical (unpaired) electrons. The first kappa shape index (κ1) is 34.1. The van der Waals surface area contributed by atoms with Crippen LogP contribution in [0, 0.1) is 5.41 Å². The molecular formula is C37H47N9O3. The molecule has 12 heteroatoms. The van der Waals surface area contributed by atoms with Crippen molar-refractivity contribution in [2.24, 2.45) is 5.41 Å². The first-order valence-electron chi connectivity index (χ1n) is 17.0. The SMILES string of the molecule is CC(C)n1cnc(CCNc2nc(NCC(c3ccccc3)c3ccccc3)c3ncn([C@@H]4C[C@H](NC(=O)C(C)(C)C)[C@@H](O)[C@H]4O)c3n2)c1. The van der Waals surface area contributed by atoms with Crippen LogP contribution >= 0.6 is 0 Å². The lowest BCUT2D eigenvalue weighted by molar-refractivity contribution is -0.130. The van der Waals surface area contributed by atoms with Gasteiger partial charge in [-0.3, -0.25) is 4.79 Å². The summed E-state index contributed by atoms with van der Waals surface area (Å²) in [4.78, 5) is 31.8. The number of aliphatic hydroxyl groups is 2. The maximum atomic E-state index is 12.8. The third-order valence-electron chi connectivity index (χ3n) is 9.22. The van der Waals surface area contributed by atoms with E-state index < -0.39 is 29.7 Å². The molecule has 6 rings (SSSR count). The minimum absolute atomic E-state index is 0.0426. The molecule has 0 spiro atoms. The molecule has 49 heavy (non-hydrogen) atoms. The summed E-state index contributed by atoms with van der Waals surface area (Å²) in [6.07, 6.45) is 4.23. The summed E-state index contributed by atoms with van der Waals surface area (Å²) in [5, 5.41) is 32.1. The van der Waals surface area contributed by atoms with E-state index in [9.17, 15) is 15.0 Å². The highest BCUT2D eigenvalue weighted by Gasteiger charge is 2.44. The van der Waals surface area contributed by atoms with Crippen molar-refractivity contribution in [3.05, 3.63) is 96.3 Å². The Bertz CT molecular complexity index is 1810. The van der Waals surface area contributed by atoms with E-state index in [-0.39, 0.29) is 11.8 Å². The van der Waals surface area contributed by atoms with Gasteiger partial charge in [-0.25, -0.2) is 9.97 Å². The van der Waals surface area contributed by atoms with E-state index in [1.54, 1.807) is 10.9 Å². The Labute approximate surface area is 287 Å². The number of rotatable bonds is 12. The average Bonchev–Trinajstić information content (AvgIpc) is 3.80. The number of fused-ring (bicyclic) bond motifs is 1. The van der Waals surface area contributed by atoms with Gasteiger partial charge in [-0.15, -0.1) is 0 Å². The van der Waals surface area contributed by atoms with E-state index in [0.29, 0.717) is 54.9 Å². The summed E-state index contributed by atoms with van der Waals surface area (Å²) in [5.74, 6) is 0.810. The van der Waals surface area contributed by atoms with Gasteiger partial charge in [0, 0.05) is 43.1 Å². The lowest BCUT2D eigenvalue weighted by Gasteiger charge is -2.23. The van der Waals surface area contributed by atoms with Crippen LogP contribution in [0.1, 0.15) is 75.9 Å². The van der Waals surface area contributed by atoms with Crippen LogP contribution in [0.4, 0.5) is 11.8 Å². The number of aliphatic hydroxyl groups excluding tert-OH is 2. The van der Waals surface area contributed by atoms with Crippen molar-refractivity contribution in [2.75, 3.05) is 23.7 Å². The molecule has 1 aliphatic rings. The third kappa shape index (κ3) is 7.60. The summed E-state index contributed by atoms with van der Waals surface area (Å²) >= 11 is 0. The average molecular weight is 666 g/mol. The molecule has 0 bridgehead atoms. The van der Waals surface area contributed by atoms with Crippen molar-refractivity contribution in [1.29, 1.82) is 0 Å². The van der Waals surface area contributed by atoms with Crippen molar-refractivity contribution < 1.29 is 15.0 Å². The Morgan fingerprint density at radius 1 is 0.918 bits per heavy atom. The smallest absolute Gasteiger partial charge is 0.226 e.